The van der Waals surface area contributed by atoms with Crippen LogP contribution in [0.3, 0.4) is 0 Å². The van der Waals surface area contributed by atoms with Gasteiger partial charge in [-0.2, -0.15) is 0 Å². The number of carbonyl (C=O) groups is 1. The molecule has 5 nitrogen and oxygen atoms in total. The van der Waals surface area contributed by atoms with Gasteiger partial charge in [-0.05, 0) is 35.2 Å². The van der Waals surface area contributed by atoms with Crippen molar-refractivity contribution in [3.63, 3.8) is 0 Å². The fourth-order valence-electron chi connectivity index (χ4n) is 2.39. The monoisotopic (exact) mass is 331 g/mol. The Bertz CT molecular complexity index is 696. The zero-order chi connectivity index (χ0) is 17.7. The number of benzene rings is 1. The summed E-state index contributed by atoms with van der Waals surface area (Å²) < 4.78 is 18.3. The summed E-state index contributed by atoms with van der Waals surface area (Å²) >= 11 is 0. The largest absolute Gasteiger partial charge is 0.480 e. The first-order chi connectivity index (χ1) is 11.3. The SMILES string of the molecule is COc1ncccc1NC(=O)NC(c1ccc(F)cc1)C(C)(C)C. The number of pyridine rings is 1. The summed E-state index contributed by atoms with van der Waals surface area (Å²) in [7, 11) is 1.49. The van der Waals surface area contributed by atoms with Crippen LogP contribution in [0.4, 0.5) is 14.9 Å². The average Bonchev–Trinajstić information content (AvgIpc) is 2.53. The lowest BCUT2D eigenvalue weighted by Gasteiger charge is -2.32. The van der Waals surface area contributed by atoms with E-state index in [0.29, 0.717) is 11.6 Å². The number of anilines is 1. The van der Waals surface area contributed by atoms with Gasteiger partial charge in [0.1, 0.15) is 11.5 Å². The second kappa shape index (κ2) is 7.29. The van der Waals surface area contributed by atoms with E-state index >= 15 is 0 Å². The molecule has 0 aliphatic rings. The molecule has 0 saturated heterocycles. The summed E-state index contributed by atoms with van der Waals surface area (Å²) in [5, 5.41) is 5.67. The summed E-state index contributed by atoms with van der Waals surface area (Å²) in [6.45, 7) is 6.02. The third-order valence-corrected chi connectivity index (χ3v) is 3.56. The molecule has 2 N–H and O–H groups in total. The Morgan fingerprint density at radius 2 is 1.88 bits per heavy atom. The lowest BCUT2D eigenvalue weighted by molar-refractivity contribution is 0.229. The number of rotatable bonds is 4. The highest BCUT2D eigenvalue weighted by molar-refractivity contribution is 5.90. The van der Waals surface area contributed by atoms with Crippen molar-refractivity contribution < 1.29 is 13.9 Å². The van der Waals surface area contributed by atoms with Crippen molar-refractivity contribution in [1.29, 1.82) is 0 Å². The predicted octanol–water partition coefficient (Wildman–Crippen LogP) is 4.14. The standard InChI is InChI=1S/C18H22FN3O2/c1-18(2,3)15(12-7-9-13(19)10-8-12)22-17(23)21-14-6-5-11-20-16(14)24-4/h5-11,15H,1-4H3,(H2,21,22,23). The zero-order valence-corrected chi connectivity index (χ0v) is 14.3. The smallest absolute Gasteiger partial charge is 0.319 e. The van der Waals surface area contributed by atoms with Crippen molar-refractivity contribution in [2.45, 2.75) is 26.8 Å². The van der Waals surface area contributed by atoms with E-state index in [4.69, 9.17) is 4.74 Å². The number of hydrogen-bond acceptors (Lipinski definition) is 3. The van der Waals surface area contributed by atoms with Crippen LogP contribution in [0.2, 0.25) is 0 Å². The van der Waals surface area contributed by atoms with E-state index in [2.05, 4.69) is 15.6 Å². The van der Waals surface area contributed by atoms with Crippen molar-refractivity contribution in [3.8, 4) is 5.88 Å². The fraction of sp³-hybridized carbons (Fsp3) is 0.333. The number of halogens is 1. The molecular weight excluding hydrogens is 309 g/mol. The molecule has 0 aliphatic heterocycles. The molecule has 0 aliphatic carbocycles. The second-order valence-corrected chi connectivity index (χ2v) is 6.51. The molecule has 0 fully saturated rings. The lowest BCUT2D eigenvalue weighted by Crippen LogP contribution is -2.39. The van der Waals surface area contributed by atoms with E-state index in [1.807, 2.05) is 20.8 Å². The number of urea groups is 1. The number of carbonyl (C=O) groups excluding carboxylic acids is 1. The number of methoxy groups -OCH3 is 1. The number of amides is 2. The minimum atomic E-state index is -0.384. The molecule has 2 rings (SSSR count). The van der Waals surface area contributed by atoms with Crippen LogP contribution in [0.5, 0.6) is 5.88 Å². The van der Waals surface area contributed by atoms with E-state index in [9.17, 15) is 9.18 Å². The van der Waals surface area contributed by atoms with Crippen LogP contribution in [0.15, 0.2) is 42.6 Å². The second-order valence-electron chi connectivity index (χ2n) is 6.51. The maximum atomic E-state index is 13.2. The Morgan fingerprint density at radius 3 is 2.46 bits per heavy atom. The molecule has 128 valence electrons. The number of hydrogen-bond donors (Lipinski definition) is 2. The molecule has 24 heavy (non-hydrogen) atoms. The van der Waals surface area contributed by atoms with Crippen LogP contribution in [0, 0.1) is 11.2 Å². The number of aromatic nitrogens is 1. The molecule has 1 unspecified atom stereocenters. The van der Waals surface area contributed by atoms with Gasteiger partial charge in [-0.3, -0.25) is 0 Å². The number of nitrogens with one attached hydrogen (secondary N) is 2. The summed E-state index contributed by atoms with van der Waals surface area (Å²) in [4.78, 5) is 16.4. The van der Waals surface area contributed by atoms with E-state index in [0.717, 1.165) is 5.56 Å². The van der Waals surface area contributed by atoms with Gasteiger partial charge in [0, 0.05) is 6.20 Å². The molecule has 2 amide bonds. The number of nitrogens with zero attached hydrogens (tertiary/aromatic N) is 1. The van der Waals surface area contributed by atoms with Gasteiger partial charge >= 0.3 is 6.03 Å². The molecular formula is C18H22FN3O2. The lowest BCUT2D eigenvalue weighted by atomic mass is 9.82. The van der Waals surface area contributed by atoms with E-state index in [1.165, 1.54) is 19.2 Å². The van der Waals surface area contributed by atoms with E-state index in [-0.39, 0.29) is 23.3 Å². The van der Waals surface area contributed by atoms with Crippen LogP contribution in [0.1, 0.15) is 32.4 Å². The van der Waals surface area contributed by atoms with Gasteiger partial charge < -0.3 is 15.4 Å². The summed E-state index contributed by atoms with van der Waals surface area (Å²) in [5.41, 5.74) is 1.05. The van der Waals surface area contributed by atoms with Gasteiger partial charge in [-0.1, -0.05) is 32.9 Å². The zero-order valence-electron chi connectivity index (χ0n) is 14.3. The Balaban J connectivity index is 2.17. The van der Waals surface area contributed by atoms with Gasteiger partial charge in [-0.15, -0.1) is 0 Å². The van der Waals surface area contributed by atoms with E-state index in [1.54, 1.807) is 30.5 Å². The quantitative estimate of drug-likeness (QED) is 0.885. The van der Waals surface area contributed by atoms with Crippen molar-refractivity contribution in [3.05, 3.63) is 54.0 Å². The molecule has 1 atom stereocenters. The van der Waals surface area contributed by atoms with Gasteiger partial charge in [-0.25, -0.2) is 14.2 Å². The highest BCUT2D eigenvalue weighted by Gasteiger charge is 2.28. The molecule has 0 spiro atoms. The van der Waals surface area contributed by atoms with Crippen LogP contribution in [-0.2, 0) is 0 Å². The van der Waals surface area contributed by atoms with Gasteiger partial charge in [0.2, 0.25) is 5.88 Å². The van der Waals surface area contributed by atoms with Gasteiger partial charge in [0.15, 0.2) is 0 Å². The van der Waals surface area contributed by atoms with Crippen LogP contribution in [0.25, 0.3) is 0 Å². The van der Waals surface area contributed by atoms with Crippen molar-refractivity contribution in [2.24, 2.45) is 5.41 Å². The summed E-state index contributed by atoms with van der Waals surface area (Å²) in [6, 6.07) is 8.86. The predicted molar refractivity (Wildman–Crippen MR) is 91.5 cm³/mol. The first-order valence-corrected chi connectivity index (χ1v) is 7.63. The Kier molecular flexibility index (Phi) is 5.39. The Morgan fingerprint density at radius 1 is 1.21 bits per heavy atom. The van der Waals surface area contributed by atoms with Crippen LogP contribution < -0.4 is 15.4 Å². The van der Waals surface area contributed by atoms with Crippen LogP contribution in [-0.4, -0.2) is 18.1 Å². The topological polar surface area (TPSA) is 63.2 Å². The minimum absolute atomic E-state index is 0.256. The average molecular weight is 331 g/mol. The van der Waals surface area contributed by atoms with Crippen molar-refractivity contribution in [2.75, 3.05) is 12.4 Å². The van der Waals surface area contributed by atoms with Crippen molar-refractivity contribution >= 4 is 11.7 Å². The maximum Gasteiger partial charge on any atom is 0.319 e. The maximum absolute atomic E-state index is 13.2. The Labute approximate surface area is 141 Å². The number of ether oxygens (including phenoxy) is 1. The molecule has 1 aromatic heterocycles. The molecule has 1 aromatic carbocycles. The fourth-order valence-corrected chi connectivity index (χ4v) is 2.39. The molecule has 0 radical (unpaired) electrons. The minimum Gasteiger partial charge on any atom is -0.480 e. The molecule has 2 aromatic rings. The molecule has 0 bridgehead atoms. The van der Waals surface area contributed by atoms with E-state index < -0.39 is 0 Å². The first-order valence-electron chi connectivity index (χ1n) is 7.63. The third-order valence-electron chi connectivity index (χ3n) is 3.56. The van der Waals surface area contributed by atoms with Gasteiger partial charge in [0.25, 0.3) is 0 Å². The highest BCUT2D eigenvalue weighted by atomic mass is 19.1. The van der Waals surface area contributed by atoms with Crippen LogP contribution >= 0.6 is 0 Å². The highest BCUT2D eigenvalue weighted by Crippen LogP contribution is 2.33. The summed E-state index contributed by atoms with van der Waals surface area (Å²) in [6.07, 6.45) is 1.58. The first kappa shape index (κ1) is 17.7. The summed E-state index contributed by atoms with van der Waals surface area (Å²) in [5.74, 6) is 0.0256. The van der Waals surface area contributed by atoms with Gasteiger partial charge in [0.05, 0.1) is 13.2 Å². The molecule has 6 heteroatoms. The molecule has 1 heterocycles. The Hall–Kier alpha value is -2.63. The van der Waals surface area contributed by atoms with Crippen molar-refractivity contribution in [1.82, 2.24) is 10.3 Å². The third kappa shape index (κ3) is 4.44. The molecule has 0 saturated carbocycles. The normalized spacial score (nSPS) is 12.4.